The van der Waals surface area contributed by atoms with Gasteiger partial charge >= 0.3 is 11.9 Å². The first-order chi connectivity index (χ1) is 15.0. The van der Waals surface area contributed by atoms with Crippen LogP contribution in [0, 0.1) is 0 Å². The Labute approximate surface area is 192 Å². The van der Waals surface area contributed by atoms with E-state index in [9.17, 15) is 9.59 Å². The summed E-state index contributed by atoms with van der Waals surface area (Å²) in [5.41, 5.74) is 0.424. The van der Waals surface area contributed by atoms with Gasteiger partial charge in [0.15, 0.2) is 0 Å². The predicted octanol–water partition coefficient (Wildman–Crippen LogP) is 8.40. The number of rotatable bonds is 20. The minimum atomic E-state index is -0.827. The highest BCUT2D eigenvalue weighted by molar-refractivity contribution is 5.85. The maximum atomic E-state index is 10.8. The molecule has 0 aromatic heterocycles. The Morgan fingerprint density at radius 3 is 1.42 bits per heavy atom. The van der Waals surface area contributed by atoms with E-state index in [1.807, 2.05) is 6.92 Å². The SMILES string of the molecule is C=CC(=O)OCCCCCCCCCCCCCCCCCC.CCC=C(C)C(=O)O. The molecule has 0 aromatic rings. The Morgan fingerprint density at radius 1 is 0.742 bits per heavy atom. The Hall–Kier alpha value is -1.58. The molecule has 0 aromatic carbocycles. The second-order valence-electron chi connectivity index (χ2n) is 8.28. The molecular weight excluding hydrogens is 388 g/mol. The van der Waals surface area contributed by atoms with Gasteiger partial charge in [0.1, 0.15) is 0 Å². The number of carboxylic acids is 1. The highest BCUT2D eigenvalue weighted by Crippen LogP contribution is 2.13. The maximum Gasteiger partial charge on any atom is 0.330 e. The molecule has 0 saturated heterocycles. The second-order valence-corrected chi connectivity index (χ2v) is 8.28. The van der Waals surface area contributed by atoms with Crippen molar-refractivity contribution in [2.45, 2.75) is 130 Å². The van der Waals surface area contributed by atoms with Gasteiger partial charge in [-0.3, -0.25) is 0 Å². The van der Waals surface area contributed by atoms with Crippen LogP contribution in [-0.2, 0) is 14.3 Å². The Kier molecular flexibility index (Phi) is 27.0. The van der Waals surface area contributed by atoms with Crippen LogP contribution in [0.3, 0.4) is 0 Å². The predicted molar refractivity (Wildman–Crippen MR) is 132 cm³/mol. The van der Waals surface area contributed by atoms with Crippen LogP contribution in [-0.4, -0.2) is 23.7 Å². The second kappa shape index (κ2) is 26.5. The minimum absolute atomic E-state index is 0.300. The molecule has 0 atom stereocenters. The topological polar surface area (TPSA) is 63.6 Å². The monoisotopic (exact) mass is 438 g/mol. The first-order valence-electron chi connectivity index (χ1n) is 12.7. The average molecular weight is 439 g/mol. The molecule has 0 saturated carbocycles. The van der Waals surface area contributed by atoms with Crippen molar-refractivity contribution in [3.05, 3.63) is 24.3 Å². The van der Waals surface area contributed by atoms with Crippen molar-refractivity contribution in [3.8, 4) is 0 Å². The van der Waals surface area contributed by atoms with Gasteiger partial charge in [0.2, 0.25) is 0 Å². The number of unbranched alkanes of at least 4 members (excludes halogenated alkanes) is 15. The third-order valence-corrected chi connectivity index (χ3v) is 5.26. The van der Waals surface area contributed by atoms with E-state index in [4.69, 9.17) is 9.84 Å². The summed E-state index contributed by atoms with van der Waals surface area (Å²) in [6.07, 6.45) is 25.4. The fourth-order valence-corrected chi connectivity index (χ4v) is 3.28. The number of hydrogen-bond donors (Lipinski definition) is 1. The van der Waals surface area contributed by atoms with Gasteiger partial charge in [-0.2, -0.15) is 0 Å². The van der Waals surface area contributed by atoms with Gasteiger partial charge in [-0.1, -0.05) is 123 Å². The zero-order chi connectivity index (χ0) is 23.6. The van der Waals surface area contributed by atoms with Crippen LogP contribution in [0.4, 0.5) is 0 Å². The van der Waals surface area contributed by atoms with Gasteiger partial charge in [-0.15, -0.1) is 0 Å². The third-order valence-electron chi connectivity index (χ3n) is 5.26. The summed E-state index contributed by atoms with van der Waals surface area (Å²) in [6.45, 7) is 9.70. The van der Waals surface area contributed by atoms with Gasteiger partial charge in [0.25, 0.3) is 0 Å². The summed E-state index contributed by atoms with van der Waals surface area (Å²) >= 11 is 0. The van der Waals surface area contributed by atoms with Crippen LogP contribution in [0.5, 0.6) is 0 Å². The molecular formula is C27H50O4. The van der Waals surface area contributed by atoms with E-state index >= 15 is 0 Å². The first-order valence-corrected chi connectivity index (χ1v) is 12.7. The van der Waals surface area contributed by atoms with E-state index in [-0.39, 0.29) is 5.97 Å². The molecule has 182 valence electrons. The van der Waals surface area contributed by atoms with Crippen molar-refractivity contribution < 1.29 is 19.4 Å². The highest BCUT2D eigenvalue weighted by Gasteiger charge is 1.97. The molecule has 31 heavy (non-hydrogen) atoms. The van der Waals surface area contributed by atoms with Gasteiger partial charge in [0.05, 0.1) is 6.61 Å². The fraction of sp³-hybridized carbons (Fsp3) is 0.778. The Balaban J connectivity index is 0. The van der Waals surface area contributed by atoms with E-state index in [2.05, 4.69) is 13.5 Å². The minimum Gasteiger partial charge on any atom is -0.478 e. The van der Waals surface area contributed by atoms with E-state index in [1.54, 1.807) is 13.0 Å². The smallest absolute Gasteiger partial charge is 0.330 e. The fourth-order valence-electron chi connectivity index (χ4n) is 3.28. The van der Waals surface area contributed by atoms with Crippen LogP contribution >= 0.6 is 0 Å². The molecule has 0 bridgehead atoms. The van der Waals surface area contributed by atoms with Crippen molar-refractivity contribution in [1.82, 2.24) is 0 Å². The van der Waals surface area contributed by atoms with Crippen LogP contribution in [0.15, 0.2) is 24.3 Å². The lowest BCUT2D eigenvalue weighted by Gasteiger charge is -2.04. The van der Waals surface area contributed by atoms with Crippen molar-refractivity contribution >= 4 is 11.9 Å². The first kappa shape index (κ1) is 31.6. The molecule has 0 amide bonds. The molecule has 0 heterocycles. The number of carbonyl (C=O) groups is 2. The molecule has 0 rings (SSSR count). The number of carboxylic acid groups (broad SMARTS) is 1. The van der Waals surface area contributed by atoms with Gasteiger partial charge in [-0.25, -0.2) is 9.59 Å². The third kappa shape index (κ3) is 28.4. The average Bonchev–Trinajstić information content (AvgIpc) is 2.76. The van der Waals surface area contributed by atoms with E-state index in [0.29, 0.717) is 12.2 Å². The molecule has 0 unspecified atom stereocenters. The van der Waals surface area contributed by atoms with Gasteiger partial charge in [0, 0.05) is 11.6 Å². The molecule has 0 aliphatic rings. The quantitative estimate of drug-likeness (QED) is 0.118. The van der Waals surface area contributed by atoms with Crippen LogP contribution in [0.2, 0.25) is 0 Å². The number of aliphatic carboxylic acids is 1. The lowest BCUT2D eigenvalue weighted by atomic mass is 10.0. The summed E-state index contributed by atoms with van der Waals surface area (Å²) in [5, 5.41) is 8.24. The molecule has 4 heteroatoms. The Bertz CT molecular complexity index is 454. The largest absolute Gasteiger partial charge is 0.478 e. The molecule has 0 aliphatic carbocycles. The van der Waals surface area contributed by atoms with Crippen molar-refractivity contribution in [2.75, 3.05) is 6.61 Å². The number of allylic oxidation sites excluding steroid dienone is 1. The molecule has 0 aliphatic heterocycles. The van der Waals surface area contributed by atoms with Crippen molar-refractivity contribution in [1.29, 1.82) is 0 Å². The van der Waals surface area contributed by atoms with Crippen LogP contribution in [0.25, 0.3) is 0 Å². The normalized spacial score (nSPS) is 10.9. The summed E-state index contributed by atoms with van der Waals surface area (Å²) < 4.78 is 4.95. The zero-order valence-electron chi connectivity index (χ0n) is 20.8. The molecule has 0 spiro atoms. The van der Waals surface area contributed by atoms with E-state index in [1.165, 1.54) is 102 Å². The van der Waals surface area contributed by atoms with Gasteiger partial charge in [-0.05, 0) is 19.8 Å². The highest BCUT2D eigenvalue weighted by atomic mass is 16.5. The lowest BCUT2D eigenvalue weighted by molar-refractivity contribution is -0.138. The molecule has 1 N–H and O–H groups in total. The molecule has 4 nitrogen and oxygen atoms in total. The lowest BCUT2D eigenvalue weighted by Crippen LogP contribution is -2.01. The molecule has 0 fully saturated rings. The van der Waals surface area contributed by atoms with E-state index in [0.717, 1.165) is 12.8 Å². The van der Waals surface area contributed by atoms with Crippen LogP contribution < -0.4 is 0 Å². The number of hydrogen-bond acceptors (Lipinski definition) is 3. The molecule has 0 radical (unpaired) electrons. The summed E-state index contributed by atoms with van der Waals surface area (Å²) in [5.74, 6) is -1.13. The van der Waals surface area contributed by atoms with Gasteiger partial charge < -0.3 is 9.84 Å². The van der Waals surface area contributed by atoms with Crippen LogP contribution in [0.1, 0.15) is 130 Å². The van der Waals surface area contributed by atoms with Crippen molar-refractivity contribution in [3.63, 3.8) is 0 Å². The number of esters is 1. The number of carbonyl (C=O) groups excluding carboxylic acids is 1. The summed E-state index contributed by atoms with van der Waals surface area (Å²) in [7, 11) is 0. The standard InChI is InChI=1S/C21H40O2.C6H10O2/c1-3-5-6-7-8-9-10-11-12-13-14-15-16-17-18-19-20-23-21(22)4-2;1-3-4-5(2)6(7)8/h4H,2-3,5-20H2,1H3;4H,3H2,1-2H3,(H,7,8). The van der Waals surface area contributed by atoms with Crippen molar-refractivity contribution in [2.24, 2.45) is 0 Å². The summed E-state index contributed by atoms with van der Waals surface area (Å²) in [4.78, 5) is 20.9. The zero-order valence-corrected chi connectivity index (χ0v) is 20.8. The Morgan fingerprint density at radius 2 is 1.13 bits per heavy atom. The number of ether oxygens (including phenoxy) is 1. The van der Waals surface area contributed by atoms with E-state index < -0.39 is 5.97 Å². The maximum absolute atomic E-state index is 10.8. The summed E-state index contributed by atoms with van der Waals surface area (Å²) in [6, 6.07) is 0.